The molecule has 1 aliphatic heterocycles. The van der Waals surface area contributed by atoms with Gasteiger partial charge in [0.1, 0.15) is 22.9 Å². The molecule has 0 spiro atoms. The maximum absolute atomic E-state index is 13.6. The number of benzene rings is 2. The summed E-state index contributed by atoms with van der Waals surface area (Å²) in [4.78, 5) is 4.43. The molecule has 0 saturated carbocycles. The number of nitrogens with zero attached hydrogens (tertiary/aromatic N) is 1. The third kappa shape index (κ3) is 2.68. The van der Waals surface area contributed by atoms with Gasteiger partial charge in [-0.05, 0) is 38.5 Å². The highest BCUT2D eigenvalue weighted by molar-refractivity contribution is 5.83. The zero-order chi connectivity index (χ0) is 15.0. The van der Waals surface area contributed by atoms with E-state index in [1.807, 2.05) is 12.1 Å². The molecule has 0 aromatic heterocycles. The van der Waals surface area contributed by atoms with Crippen molar-refractivity contribution in [2.75, 3.05) is 0 Å². The molecule has 2 aromatic carbocycles. The summed E-state index contributed by atoms with van der Waals surface area (Å²) in [7, 11) is 0. The molecule has 0 unspecified atom stereocenters. The second-order valence-electron chi connectivity index (χ2n) is 6.03. The molecule has 0 amide bonds. The van der Waals surface area contributed by atoms with Crippen molar-refractivity contribution in [3.8, 4) is 5.75 Å². The average Bonchev–Trinajstić information content (AvgIpc) is 2.76. The minimum atomic E-state index is -0.272. The Morgan fingerprint density at radius 3 is 2.71 bits per heavy atom. The quantitative estimate of drug-likeness (QED) is 0.738. The van der Waals surface area contributed by atoms with Crippen LogP contribution >= 0.6 is 0 Å². The molecule has 0 N–H and O–H groups in total. The van der Waals surface area contributed by atoms with Gasteiger partial charge in [-0.15, -0.1) is 0 Å². The Bertz CT molecular complexity index is 719. The van der Waals surface area contributed by atoms with Gasteiger partial charge in [-0.2, -0.15) is 0 Å². The first-order valence-corrected chi connectivity index (χ1v) is 7.06. The number of aliphatic imine (C=N–C) groups is 1. The summed E-state index contributed by atoms with van der Waals surface area (Å²) in [6, 6.07) is 10.6. The van der Waals surface area contributed by atoms with Gasteiger partial charge in [-0.1, -0.05) is 24.3 Å². The van der Waals surface area contributed by atoms with Crippen LogP contribution in [-0.4, -0.2) is 11.8 Å². The van der Waals surface area contributed by atoms with Crippen LogP contribution in [0.5, 0.6) is 5.75 Å². The molecule has 1 aliphatic rings. The SMILES string of the molecule is Cc1ccc(N=Cc2ccccc2F)c2c1CC(C)(C)O2. The number of fused-ring (bicyclic) bond motifs is 1. The van der Waals surface area contributed by atoms with Crippen molar-refractivity contribution in [3.63, 3.8) is 0 Å². The summed E-state index contributed by atoms with van der Waals surface area (Å²) in [5.41, 5.74) is 3.42. The van der Waals surface area contributed by atoms with E-state index in [4.69, 9.17) is 4.74 Å². The monoisotopic (exact) mass is 283 g/mol. The molecule has 3 heteroatoms. The molecular weight excluding hydrogens is 265 g/mol. The first-order valence-electron chi connectivity index (χ1n) is 7.06. The van der Waals surface area contributed by atoms with Gasteiger partial charge in [-0.3, -0.25) is 4.99 Å². The highest BCUT2D eigenvalue weighted by Gasteiger charge is 2.32. The Kier molecular flexibility index (Phi) is 3.28. The van der Waals surface area contributed by atoms with Crippen LogP contribution in [-0.2, 0) is 6.42 Å². The second kappa shape index (κ2) is 4.99. The lowest BCUT2D eigenvalue weighted by Crippen LogP contribution is -2.24. The zero-order valence-corrected chi connectivity index (χ0v) is 12.5. The fraction of sp³-hybridized carbons (Fsp3) is 0.278. The molecule has 0 atom stereocenters. The van der Waals surface area contributed by atoms with Crippen molar-refractivity contribution in [1.82, 2.24) is 0 Å². The fourth-order valence-electron chi connectivity index (χ4n) is 2.61. The van der Waals surface area contributed by atoms with Crippen molar-refractivity contribution in [2.45, 2.75) is 32.8 Å². The Morgan fingerprint density at radius 1 is 1.19 bits per heavy atom. The van der Waals surface area contributed by atoms with Gasteiger partial charge >= 0.3 is 0 Å². The molecule has 0 aliphatic carbocycles. The van der Waals surface area contributed by atoms with E-state index in [1.54, 1.807) is 24.4 Å². The predicted octanol–water partition coefficient (Wildman–Crippen LogP) is 4.60. The number of aryl methyl sites for hydroxylation is 1. The smallest absolute Gasteiger partial charge is 0.149 e. The van der Waals surface area contributed by atoms with Crippen LogP contribution in [0.15, 0.2) is 41.4 Å². The lowest BCUT2D eigenvalue weighted by Gasteiger charge is -2.17. The highest BCUT2D eigenvalue weighted by atomic mass is 19.1. The maximum Gasteiger partial charge on any atom is 0.149 e. The number of hydrogen-bond donors (Lipinski definition) is 0. The molecule has 0 fully saturated rings. The van der Waals surface area contributed by atoms with Crippen molar-refractivity contribution in [3.05, 3.63) is 58.9 Å². The minimum Gasteiger partial charge on any atom is -0.485 e. The molecule has 3 rings (SSSR count). The summed E-state index contributed by atoms with van der Waals surface area (Å²) in [6.07, 6.45) is 2.42. The van der Waals surface area contributed by atoms with E-state index >= 15 is 0 Å². The number of hydrogen-bond acceptors (Lipinski definition) is 2. The minimum absolute atomic E-state index is 0.212. The third-order valence-corrected chi connectivity index (χ3v) is 3.70. The van der Waals surface area contributed by atoms with E-state index in [0.717, 1.165) is 17.9 Å². The van der Waals surface area contributed by atoms with Crippen LogP contribution in [0.2, 0.25) is 0 Å². The van der Waals surface area contributed by atoms with Gasteiger partial charge in [0.15, 0.2) is 0 Å². The molecule has 1 heterocycles. The molecule has 0 saturated heterocycles. The fourth-order valence-corrected chi connectivity index (χ4v) is 2.61. The predicted molar refractivity (Wildman–Crippen MR) is 83.2 cm³/mol. The number of ether oxygens (including phenoxy) is 1. The van der Waals surface area contributed by atoms with Crippen LogP contribution in [0.25, 0.3) is 0 Å². The van der Waals surface area contributed by atoms with Gasteiger partial charge in [0.25, 0.3) is 0 Å². The molecule has 108 valence electrons. The first-order chi connectivity index (χ1) is 9.96. The molecule has 2 aromatic rings. The van der Waals surface area contributed by atoms with E-state index in [0.29, 0.717) is 5.56 Å². The van der Waals surface area contributed by atoms with Crippen molar-refractivity contribution in [2.24, 2.45) is 4.99 Å². The largest absolute Gasteiger partial charge is 0.485 e. The number of halogens is 1. The summed E-state index contributed by atoms with van der Waals surface area (Å²) in [6.45, 7) is 6.21. The van der Waals surface area contributed by atoms with Crippen molar-refractivity contribution >= 4 is 11.9 Å². The van der Waals surface area contributed by atoms with Crippen LogP contribution in [0.3, 0.4) is 0 Å². The zero-order valence-electron chi connectivity index (χ0n) is 12.5. The second-order valence-corrected chi connectivity index (χ2v) is 6.03. The molecule has 2 nitrogen and oxygen atoms in total. The Balaban J connectivity index is 1.99. The highest BCUT2D eigenvalue weighted by Crippen LogP contribution is 2.43. The van der Waals surface area contributed by atoms with Gasteiger partial charge in [-0.25, -0.2) is 4.39 Å². The van der Waals surface area contributed by atoms with E-state index < -0.39 is 0 Å². The van der Waals surface area contributed by atoms with E-state index in [-0.39, 0.29) is 11.4 Å². The molecule has 0 radical (unpaired) electrons. The third-order valence-electron chi connectivity index (χ3n) is 3.70. The Hall–Kier alpha value is -2.16. The lowest BCUT2D eigenvalue weighted by molar-refractivity contribution is 0.139. The van der Waals surface area contributed by atoms with Gasteiger partial charge in [0.05, 0.1) is 0 Å². The Morgan fingerprint density at radius 2 is 1.95 bits per heavy atom. The first kappa shape index (κ1) is 13.8. The maximum atomic E-state index is 13.6. The molecule has 21 heavy (non-hydrogen) atoms. The molecule has 0 bridgehead atoms. The van der Waals surface area contributed by atoms with Crippen LogP contribution in [0, 0.1) is 12.7 Å². The van der Waals surface area contributed by atoms with E-state index in [2.05, 4.69) is 25.8 Å². The normalized spacial score (nSPS) is 16.0. The van der Waals surface area contributed by atoms with Gasteiger partial charge in [0.2, 0.25) is 0 Å². The summed E-state index contributed by atoms with van der Waals surface area (Å²) in [5, 5.41) is 0. The van der Waals surface area contributed by atoms with Crippen LogP contribution < -0.4 is 4.74 Å². The Labute approximate surface area is 124 Å². The standard InChI is InChI=1S/C18H18FNO/c1-12-8-9-16(17-14(12)10-18(2,3)21-17)20-11-13-6-4-5-7-15(13)19/h4-9,11H,10H2,1-3H3. The van der Waals surface area contributed by atoms with Crippen LogP contribution in [0.1, 0.15) is 30.5 Å². The summed E-state index contributed by atoms with van der Waals surface area (Å²) >= 11 is 0. The van der Waals surface area contributed by atoms with Crippen molar-refractivity contribution < 1.29 is 9.13 Å². The topological polar surface area (TPSA) is 21.6 Å². The van der Waals surface area contributed by atoms with E-state index in [9.17, 15) is 4.39 Å². The van der Waals surface area contributed by atoms with Crippen LogP contribution in [0.4, 0.5) is 10.1 Å². The van der Waals surface area contributed by atoms with E-state index in [1.165, 1.54) is 17.2 Å². The summed E-state index contributed by atoms with van der Waals surface area (Å²) in [5.74, 6) is 0.554. The lowest BCUT2D eigenvalue weighted by atomic mass is 9.98. The van der Waals surface area contributed by atoms with Gasteiger partial charge in [0, 0.05) is 23.8 Å². The summed E-state index contributed by atoms with van der Waals surface area (Å²) < 4.78 is 19.6. The van der Waals surface area contributed by atoms with Gasteiger partial charge < -0.3 is 4.74 Å². The van der Waals surface area contributed by atoms with Crippen molar-refractivity contribution in [1.29, 1.82) is 0 Å². The average molecular weight is 283 g/mol. The number of rotatable bonds is 2. The molecular formula is C18H18FNO.